The summed E-state index contributed by atoms with van der Waals surface area (Å²) in [5, 5.41) is 3.68. The highest BCUT2D eigenvalue weighted by molar-refractivity contribution is 6.30. The summed E-state index contributed by atoms with van der Waals surface area (Å²) in [6, 6.07) is 11.6. The average Bonchev–Trinajstić information content (AvgIpc) is 2.88. The fourth-order valence-electron chi connectivity index (χ4n) is 4.37. The van der Waals surface area contributed by atoms with Crippen LogP contribution in [0.1, 0.15) is 35.4 Å². The summed E-state index contributed by atoms with van der Waals surface area (Å²) in [6.07, 6.45) is 1.09. The van der Waals surface area contributed by atoms with Gasteiger partial charge in [-0.2, -0.15) is 0 Å². The fourth-order valence-corrected chi connectivity index (χ4v) is 4.49. The predicted molar refractivity (Wildman–Crippen MR) is 105 cm³/mol. The topological polar surface area (TPSA) is 55.4 Å². The molecule has 1 unspecified atom stereocenters. The highest BCUT2D eigenvalue weighted by Gasteiger charge is 2.54. The maximum absolute atomic E-state index is 13.3. The first-order valence-corrected chi connectivity index (χ1v) is 9.61. The van der Waals surface area contributed by atoms with Gasteiger partial charge in [-0.3, -0.25) is 9.59 Å². The molecule has 1 N–H and O–H groups in total. The van der Waals surface area contributed by atoms with Crippen LogP contribution in [0, 0.1) is 13.8 Å². The number of hydrogen-bond donors (Lipinski definition) is 1. The molecular weight excluding hydrogens is 362 g/mol. The molecule has 27 heavy (non-hydrogen) atoms. The van der Waals surface area contributed by atoms with Crippen LogP contribution in [-0.4, -0.2) is 30.4 Å². The van der Waals surface area contributed by atoms with Gasteiger partial charge in [0.05, 0.1) is 0 Å². The number of carbonyl (C=O) groups is 2. The van der Waals surface area contributed by atoms with E-state index in [0.29, 0.717) is 31.1 Å². The number of nitrogens with one attached hydrogen (secondary N) is 1. The monoisotopic (exact) mass is 383 g/mol. The Morgan fingerprint density at radius 3 is 2.37 bits per heavy atom. The summed E-state index contributed by atoms with van der Waals surface area (Å²) >= 11 is 6.01. The first kappa shape index (κ1) is 18.2. The molecule has 4 nitrogen and oxygen atoms in total. The van der Waals surface area contributed by atoms with Crippen molar-refractivity contribution in [3.63, 3.8) is 0 Å². The van der Waals surface area contributed by atoms with Gasteiger partial charge in [-0.15, -0.1) is 0 Å². The summed E-state index contributed by atoms with van der Waals surface area (Å²) < 4.78 is 5.40. The van der Waals surface area contributed by atoms with E-state index in [2.05, 4.69) is 5.32 Å². The minimum absolute atomic E-state index is 0.0183. The van der Waals surface area contributed by atoms with Gasteiger partial charge in [0.15, 0.2) is 5.78 Å². The Hall–Kier alpha value is -2.17. The van der Waals surface area contributed by atoms with Crippen molar-refractivity contribution in [2.24, 2.45) is 0 Å². The molecule has 2 heterocycles. The van der Waals surface area contributed by atoms with Crippen LogP contribution in [0.15, 0.2) is 36.4 Å². The standard InChI is InChI=1S/C22H22ClNO3/c1-13-3-8-17(15-4-6-16(23)7-5-15)14(2)18(13)19-20(25)22(24-21(19)26)9-11-27-12-10-22/h3-8,19H,9-12H2,1-2H3,(H,24,26). The van der Waals surface area contributed by atoms with Crippen molar-refractivity contribution in [1.82, 2.24) is 5.32 Å². The van der Waals surface area contributed by atoms with E-state index in [4.69, 9.17) is 16.3 Å². The van der Waals surface area contributed by atoms with E-state index in [1.807, 2.05) is 50.2 Å². The Balaban J connectivity index is 1.79. The summed E-state index contributed by atoms with van der Waals surface area (Å²) in [7, 11) is 0. The normalized spacial score (nSPS) is 21.5. The zero-order chi connectivity index (χ0) is 19.2. The summed E-state index contributed by atoms with van der Waals surface area (Å²) in [6.45, 7) is 4.95. The Labute approximate surface area is 163 Å². The van der Waals surface area contributed by atoms with E-state index < -0.39 is 11.5 Å². The van der Waals surface area contributed by atoms with Crippen LogP contribution in [0.2, 0.25) is 5.02 Å². The fraction of sp³-hybridized carbons (Fsp3) is 0.364. The van der Waals surface area contributed by atoms with Crippen LogP contribution in [0.3, 0.4) is 0 Å². The van der Waals surface area contributed by atoms with E-state index in [-0.39, 0.29) is 11.7 Å². The summed E-state index contributed by atoms with van der Waals surface area (Å²) in [5.74, 6) is -0.966. The number of hydrogen-bond acceptors (Lipinski definition) is 3. The van der Waals surface area contributed by atoms with Gasteiger partial charge in [0.2, 0.25) is 5.91 Å². The van der Waals surface area contributed by atoms with Crippen molar-refractivity contribution in [2.75, 3.05) is 13.2 Å². The zero-order valence-electron chi connectivity index (χ0n) is 15.5. The predicted octanol–water partition coefficient (Wildman–Crippen LogP) is 3.96. The smallest absolute Gasteiger partial charge is 0.235 e. The molecular formula is C22H22ClNO3. The molecule has 2 saturated heterocycles. The lowest BCUT2D eigenvalue weighted by Crippen LogP contribution is -2.50. The Bertz CT molecular complexity index is 914. The van der Waals surface area contributed by atoms with E-state index >= 15 is 0 Å². The third-order valence-corrected chi connectivity index (χ3v) is 6.13. The first-order chi connectivity index (χ1) is 12.9. The second-order valence-corrected chi connectivity index (χ2v) is 7.89. The van der Waals surface area contributed by atoms with Gasteiger partial charge in [0.1, 0.15) is 11.5 Å². The second-order valence-electron chi connectivity index (χ2n) is 7.46. The van der Waals surface area contributed by atoms with Gasteiger partial charge in [-0.25, -0.2) is 0 Å². The first-order valence-electron chi connectivity index (χ1n) is 9.23. The molecule has 0 bridgehead atoms. The van der Waals surface area contributed by atoms with Crippen molar-refractivity contribution in [3.8, 4) is 11.1 Å². The molecule has 2 aliphatic rings. The highest BCUT2D eigenvalue weighted by Crippen LogP contribution is 2.40. The number of halogens is 1. The molecule has 5 heteroatoms. The van der Waals surface area contributed by atoms with Gasteiger partial charge in [0.25, 0.3) is 0 Å². The SMILES string of the molecule is Cc1ccc(-c2ccc(Cl)cc2)c(C)c1C1C(=O)NC2(CCOCC2)C1=O. The quantitative estimate of drug-likeness (QED) is 0.799. The average molecular weight is 384 g/mol. The minimum Gasteiger partial charge on any atom is -0.381 e. The van der Waals surface area contributed by atoms with E-state index in [0.717, 1.165) is 27.8 Å². The number of benzene rings is 2. The van der Waals surface area contributed by atoms with Crippen LogP contribution in [0.5, 0.6) is 0 Å². The number of rotatable bonds is 2. The summed E-state index contributed by atoms with van der Waals surface area (Å²) in [4.78, 5) is 26.2. The van der Waals surface area contributed by atoms with Crippen molar-refractivity contribution >= 4 is 23.3 Å². The number of ether oxygens (including phenoxy) is 1. The number of amides is 1. The molecule has 0 aromatic heterocycles. The molecule has 2 aromatic rings. The molecule has 0 radical (unpaired) electrons. The minimum atomic E-state index is -0.769. The van der Waals surface area contributed by atoms with Gasteiger partial charge >= 0.3 is 0 Å². The molecule has 1 atom stereocenters. The summed E-state index contributed by atoms with van der Waals surface area (Å²) in [5.41, 5.74) is 4.02. The van der Waals surface area contributed by atoms with E-state index in [9.17, 15) is 9.59 Å². The molecule has 0 saturated carbocycles. The maximum Gasteiger partial charge on any atom is 0.235 e. The number of Topliss-reactive ketones (excluding diaryl/α,β-unsaturated/α-hetero) is 1. The largest absolute Gasteiger partial charge is 0.381 e. The number of carbonyl (C=O) groups excluding carboxylic acids is 2. The lowest BCUT2D eigenvalue weighted by atomic mass is 9.79. The number of ketones is 1. The Kier molecular flexibility index (Phi) is 4.57. The Morgan fingerprint density at radius 1 is 1.04 bits per heavy atom. The zero-order valence-corrected chi connectivity index (χ0v) is 16.2. The third-order valence-electron chi connectivity index (χ3n) is 5.88. The second kappa shape index (κ2) is 6.77. The molecule has 2 aromatic carbocycles. The molecule has 4 rings (SSSR count). The molecule has 1 spiro atoms. The van der Waals surface area contributed by atoms with E-state index in [1.165, 1.54) is 0 Å². The lowest BCUT2D eigenvalue weighted by Gasteiger charge is -2.31. The maximum atomic E-state index is 13.3. The van der Waals surface area contributed by atoms with Gasteiger partial charge in [-0.05, 0) is 53.8 Å². The van der Waals surface area contributed by atoms with E-state index in [1.54, 1.807) is 0 Å². The lowest BCUT2D eigenvalue weighted by molar-refractivity contribution is -0.127. The molecule has 2 aliphatic heterocycles. The molecule has 140 valence electrons. The van der Waals surface area contributed by atoms with Crippen molar-refractivity contribution in [3.05, 3.63) is 58.1 Å². The van der Waals surface area contributed by atoms with Crippen LogP contribution >= 0.6 is 11.6 Å². The van der Waals surface area contributed by atoms with Crippen molar-refractivity contribution in [1.29, 1.82) is 0 Å². The van der Waals surface area contributed by atoms with Crippen LogP contribution in [0.25, 0.3) is 11.1 Å². The number of aryl methyl sites for hydroxylation is 1. The van der Waals surface area contributed by atoms with Crippen LogP contribution in [-0.2, 0) is 14.3 Å². The Morgan fingerprint density at radius 2 is 1.70 bits per heavy atom. The molecule has 2 fully saturated rings. The van der Waals surface area contributed by atoms with Crippen LogP contribution in [0.4, 0.5) is 0 Å². The van der Waals surface area contributed by atoms with Gasteiger partial charge < -0.3 is 10.1 Å². The molecule has 1 amide bonds. The van der Waals surface area contributed by atoms with Crippen molar-refractivity contribution in [2.45, 2.75) is 38.1 Å². The van der Waals surface area contributed by atoms with Gasteiger partial charge in [0, 0.05) is 31.1 Å². The molecule has 0 aliphatic carbocycles. The van der Waals surface area contributed by atoms with Gasteiger partial charge in [-0.1, -0.05) is 35.9 Å². The van der Waals surface area contributed by atoms with Crippen molar-refractivity contribution < 1.29 is 14.3 Å². The third kappa shape index (κ3) is 2.97. The highest BCUT2D eigenvalue weighted by atomic mass is 35.5. The van der Waals surface area contributed by atoms with Crippen LogP contribution < -0.4 is 5.32 Å².